The van der Waals surface area contributed by atoms with Crippen LogP contribution in [0, 0.1) is 23.2 Å². The van der Waals surface area contributed by atoms with Crippen molar-refractivity contribution in [3.8, 4) is 0 Å². The van der Waals surface area contributed by atoms with Gasteiger partial charge in [0.2, 0.25) is 5.91 Å². The molecule has 6 nitrogen and oxygen atoms in total. The molecule has 3 aromatic rings. The van der Waals surface area contributed by atoms with Crippen LogP contribution in [0.25, 0.3) is 0 Å². The van der Waals surface area contributed by atoms with Gasteiger partial charge in [-0.2, -0.15) is 0 Å². The summed E-state index contributed by atoms with van der Waals surface area (Å²) < 4.78 is 26.1. The highest BCUT2D eigenvalue weighted by Crippen LogP contribution is 2.57. The number of hydrogen-bond acceptors (Lipinski definition) is 6. The topological polar surface area (TPSA) is 87.6 Å². The Morgan fingerprint density at radius 3 is 2.55 bits per heavy atom. The van der Waals surface area contributed by atoms with Crippen LogP contribution in [0.3, 0.4) is 0 Å². The second-order valence-corrected chi connectivity index (χ2v) is 15.5. The minimum atomic E-state index is -3.56. The Morgan fingerprint density at radius 2 is 1.88 bits per heavy atom. The van der Waals surface area contributed by atoms with E-state index in [1.54, 1.807) is 17.0 Å². The standard InChI is InChI=1S/C31H37ClN2O4S2/c1-19(30(36)34(4)17-21-8-6-5-7-9-21)24-14-15-31(3)16-25-28(20(2)27(31)29(24)35)33-26(39-25)18-40(37,38)23-12-10-22(32)11-13-23/h5-13,19-20,24,27,29,35H,14-18H2,1-4H3/t19-,20-,24-,27+,29-,31-/m0/s1. The maximum absolute atomic E-state index is 13.4. The van der Waals surface area contributed by atoms with Crippen molar-refractivity contribution in [3.63, 3.8) is 0 Å². The maximum atomic E-state index is 13.4. The van der Waals surface area contributed by atoms with Gasteiger partial charge in [0.05, 0.1) is 16.7 Å². The molecular weight excluding hydrogens is 564 g/mol. The van der Waals surface area contributed by atoms with Gasteiger partial charge in [-0.05, 0) is 66.3 Å². The fourth-order valence-electron chi connectivity index (χ4n) is 7.01. The van der Waals surface area contributed by atoms with Crippen LogP contribution in [0.4, 0.5) is 0 Å². The van der Waals surface area contributed by atoms with Gasteiger partial charge in [-0.25, -0.2) is 13.4 Å². The van der Waals surface area contributed by atoms with Crippen molar-refractivity contribution in [2.75, 3.05) is 7.05 Å². The molecule has 0 spiro atoms. The number of aliphatic hydroxyl groups is 1. The molecule has 9 heteroatoms. The zero-order valence-electron chi connectivity index (χ0n) is 23.4. The van der Waals surface area contributed by atoms with Crippen molar-refractivity contribution in [3.05, 3.63) is 80.8 Å². The molecule has 0 aliphatic heterocycles. The van der Waals surface area contributed by atoms with Crippen LogP contribution in [-0.2, 0) is 33.4 Å². The van der Waals surface area contributed by atoms with Crippen molar-refractivity contribution in [1.29, 1.82) is 0 Å². The number of hydrogen-bond donors (Lipinski definition) is 1. The predicted molar refractivity (Wildman–Crippen MR) is 159 cm³/mol. The van der Waals surface area contributed by atoms with E-state index < -0.39 is 15.9 Å². The Hall–Kier alpha value is -2.26. The Labute approximate surface area is 246 Å². The van der Waals surface area contributed by atoms with Crippen LogP contribution in [-0.4, -0.2) is 42.5 Å². The summed E-state index contributed by atoms with van der Waals surface area (Å²) in [6.45, 7) is 6.81. The van der Waals surface area contributed by atoms with E-state index in [1.165, 1.54) is 23.5 Å². The van der Waals surface area contributed by atoms with Gasteiger partial charge in [-0.1, -0.05) is 62.7 Å². The summed E-state index contributed by atoms with van der Waals surface area (Å²) in [4.78, 5) is 21.4. The third-order valence-electron chi connectivity index (χ3n) is 9.12. The smallest absolute Gasteiger partial charge is 0.225 e. The second-order valence-electron chi connectivity index (χ2n) is 11.9. The lowest BCUT2D eigenvalue weighted by atomic mass is 9.53. The van der Waals surface area contributed by atoms with E-state index >= 15 is 0 Å². The largest absolute Gasteiger partial charge is 0.392 e. The lowest BCUT2D eigenvalue weighted by Gasteiger charge is -2.53. The predicted octanol–water partition coefficient (Wildman–Crippen LogP) is 6.12. The van der Waals surface area contributed by atoms with E-state index in [-0.39, 0.29) is 45.6 Å². The highest BCUT2D eigenvalue weighted by atomic mass is 35.5. The molecule has 1 N–H and O–H groups in total. The first-order valence-corrected chi connectivity index (χ1v) is 16.7. The molecular formula is C31H37ClN2O4S2. The van der Waals surface area contributed by atoms with E-state index in [2.05, 4.69) is 13.8 Å². The van der Waals surface area contributed by atoms with Crippen LogP contribution >= 0.6 is 22.9 Å². The minimum Gasteiger partial charge on any atom is -0.392 e. The van der Waals surface area contributed by atoms with Gasteiger partial charge in [-0.15, -0.1) is 11.3 Å². The molecule has 0 saturated heterocycles. The summed E-state index contributed by atoms with van der Waals surface area (Å²) in [7, 11) is -1.73. The van der Waals surface area contributed by atoms with Crippen LogP contribution in [0.1, 0.15) is 60.7 Å². The van der Waals surface area contributed by atoms with Crippen molar-refractivity contribution >= 4 is 38.7 Å². The molecule has 1 fully saturated rings. The molecule has 6 atom stereocenters. The summed E-state index contributed by atoms with van der Waals surface area (Å²) in [5.74, 6) is -0.668. The Morgan fingerprint density at radius 1 is 1.20 bits per heavy atom. The van der Waals surface area contributed by atoms with Crippen molar-refractivity contribution in [1.82, 2.24) is 9.88 Å². The van der Waals surface area contributed by atoms with Crippen LogP contribution in [0.2, 0.25) is 5.02 Å². The summed E-state index contributed by atoms with van der Waals surface area (Å²) in [6, 6.07) is 16.1. The van der Waals surface area contributed by atoms with Gasteiger partial charge in [0.15, 0.2) is 9.84 Å². The number of carbonyl (C=O) groups is 1. The fraction of sp³-hybridized carbons (Fsp3) is 0.484. The summed E-state index contributed by atoms with van der Waals surface area (Å²) in [5, 5.41) is 12.8. The average molecular weight is 601 g/mol. The number of nitrogens with zero attached hydrogens (tertiary/aromatic N) is 2. The van der Waals surface area contributed by atoms with Crippen molar-refractivity contribution in [2.45, 2.75) is 69.2 Å². The third-order valence-corrected chi connectivity index (χ3v) is 12.3. The number of aromatic nitrogens is 1. The molecule has 2 aliphatic carbocycles. The number of thiazole rings is 1. The number of amides is 1. The summed E-state index contributed by atoms with van der Waals surface area (Å²) in [6.07, 6.45) is 1.79. The Balaban J connectivity index is 1.33. The zero-order chi connectivity index (χ0) is 28.8. The van der Waals surface area contributed by atoms with E-state index in [0.29, 0.717) is 16.6 Å². The SMILES string of the molecule is C[C@H](C(=O)N(C)Cc1ccccc1)[C@@H]1CC[C@@]2(C)Cc3sc(CS(=O)(=O)c4ccc(Cl)cc4)nc3[C@@H](C)[C@@H]2[C@H]1O. The van der Waals surface area contributed by atoms with Gasteiger partial charge in [0, 0.05) is 35.3 Å². The van der Waals surface area contributed by atoms with E-state index in [9.17, 15) is 18.3 Å². The second kappa shape index (κ2) is 11.2. The molecule has 0 bridgehead atoms. The lowest BCUT2D eigenvalue weighted by Crippen LogP contribution is -2.53. The molecule has 2 aromatic carbocycles. The molecule has 1 amide bonds. The third kappa shape index (κ3) is 5.60. The first-order valence-electron chi connectivity index (χ1n) is 13.8. The number of benzene rings is 2. The highest BCUT2D eigenvalue weighted by molar-refractivity contribution is 7.90. The quantitative estimate of drug-likeness (QED) is 0.353. The first-order chi connectivity index (χ1) is 18.9. The first kappa shape index (κ1) is 29.2. The van der Waals surface area contributed by atoms with E-state index in [0.717, 1.165) is 35.4 Å². The molecule has 40 heavy (non-hydrogen) atoms. The van der Waals surface area contributed by atoms with Crippen LogP contribution < -0.4 is 0 Å². The number of halogens is 1. The van der Waals surface area contributed by atoms with E-state index in [4.69, 9.17) is 16.6 Å². The molecule has 1 aromatic heterocycles. The molecule has 1 heterocycles. The van der Waals surface area contributed by atoms with Crippen LogP contribution in [0.5, 0.6) is 0 Å². The Bertz CT molecular complexity index is 1470. The number of carbonyl (C=O) groups excluding carboxylic acids is 1. The molecule has 0 unspecified atom stereocenters. The molecule has 5 rings (SSSR count). The van der Waals surface area contributed by atoms with Gasteiger partial charge >= 0.3 is 0 Å². The average Bonchev–Trinajstić information content (AvgIpc) is 3.29. The van der Waals surface area contributed by atoms with E-state index in [1.807, 2.05) is 44.3 Å². The van der Waals surface area contributed by atoms with Crippen molar-refractivity contribution < 1.29 is 18.3 Å². The zero-order valence-corrected chi connectivity index (χ0v) is 25.8. The monoisotopic (exact) mass is 600 g/mol. The number of fused-ring (bicyclic) bond motifs is 2. The van der Waals surface area contributed by atoms with Crippen molar-refractivity contribution in [2.24, 2.45) is 23.2 Å². The van der Waals surface area contributed by atoms with Gasteiger partial charge in [0.25, 0.3) is 0 Å². The van der Waals surface area contributed by atoms with Gasteiger partial charge in [0.1, 0.15) is 10.8 Å². The number of sulfone groups is 1. The molecule has 214 valence electrons. The molecule has 0 radical (unpaired) electrons. The van der Waals surface area contributed by atoms with Crippen LogP contribution in [0.15, 0.2) is 59.5 Å². The summed E-state index contributed by atoms with van der Waals surface area (Å²) in [5.41, 5.74) is 1.83. The van der Waals surface area contributed by atoms with Gasteiger partial charge < -0.3 is 10.0 Å². The normalized spacial score (nSPS) is 26.9. The number of aliphatic hydroxyl groups excluding tert-OH is 1. The molecule has 1 saturated carbocycles. The summed E-state index contributed by atoms with van der Waals surface area (Å²) >= 11 is 7.42. The number of rotatable bonds is 7. The fourth-order valence-corrected chi connectivity index (χ4v) is 10.1. The maximum Gasteiger partial charge on any atom is 0.225 e. The molecule has 2 aliphatic rings. The van der Waals surface area contributed by atoms with Gasteiger partial charge in [-0.3, -0.25) is 4.79 Å². The Kier molecular flexibility index (Phi) is 8.18. The minimum absolute atomic E-state index is 0.0425. The lowest BCUT2D eigenvalue weighted by molar-refractivity contribution is -0.144. The highest BCUT2D eigenvalue weighted by Gasteiger charge is 2.54.